The molecule has 0 aliphatic rings. The van der Waals surface area contributed by atoms with Gasteiger partial charge in [-0.25, -0.2) is 0 Å². The first-order valence-corrected chi connectivity index (χ1v) is 6.13. The van der Waals surface area contributed by atoms with E-state index in [0.717, 1.165) is 31.0 Å². The van der Waals surface area contributed by atoms with Gasteiger partial charge in [0.2, 0.25) is 0 Å². The van der Waals surface area contributed by atoms with E-state index in [1.165, 1.54) is 12.8 Å². The molecule has 0 amide bonds. The zero-order chi connectivity index (χ0) is 11.8. The minimum Gasteiger partial charge on any atom is -0.385 e. The Bertz CT molecular complexity index is 299. The van der Waals surface area contributed by atoms with Gasteiger partial charge in [-0.05, 0) is 39.1 Å². The second kappa shape index (κ2) is 7.23. The van der Waals surface area contributed by atoms with Crippen molar-refractivity contribution in [2.45, 2.75) is 33.2 Å². The normalized spacial score (nSPS) is 10.8. The van der Waals surface area contributed by atoms with Crippen LogP contribution in [0.2, 0.25) is 0 Å². The Morgan fingerprint density at radius 1 is 1.38 bits per heavy atom. The molecule has 1 heterocycles. The molecule has 0 aliphatic heterocycles. The van der Waals surface area contributed by atoms with Crippen LogP contribution in [0.1, 0.15) is 32.4 Å². The molecule has 90 valence electrons. The predicted octanol–water partition coefficient (Wildman–Crippen LogP) is 2.75. The summed E-state index contributed by atoms with van der Waals surface area (Å²) in [4.78, 5) is 6.71. The zero-order valence-corrected chi connectivity index (χ0v) is 10.7. The number of aromatic nitrogens is 1. The van der Waals surface area contributed by atoms with E-state index in [2.05, 4.69) is 42.2 Å². The first-order valence-electron chi connectivity index (χ1n) is 6.13. The lowest BCUT2D eigenvalue weighted by atomic mass is 10.2. The lowest BCUT2D eigenvalue weighted by Gasteiger charge is -2.16. The van der Waals surface area contributed by atoms with Crippen molar-refractivity contribution in [1.29, 1.82) is 0 Å². The number of hydrogen-bond donors (Lipinski definition) is 1. The average Bonchev–Trinajstić information content (AvgIpc) is 2.27. The van der Waals surface area contributed by atoms with Crippen LogP contribution in [-0.4, -0.2) is 30.0 Å². The molecule has 0 atom stereocenters. The van der Waals surface area contributed by atoms with E-state index in [1.54, 1.807) is 0 Å². The van der Waals surface area contributed by atoms with Gasteiger partial charge in [0.15, 0.2) is 0 Å². The molecule has 0 saturated carbocycles. The van der Waals surface area contributed by atoms with Gasteiger partial charge in [0.25, 0.3) is 0 Å². The molecule has 1 rings (SSSR count). The molecule has 0 spiro atoms. The van der Waals surface area contributed by atoms with Crippen LogP contribution in [0.4, 0.5) is 5.69 Å². The Balaban J connectivity index is 2.49. The fourth-order valence-corrected chi connectivity index (χ4v) is 1.66. The Hall–Kier alpha value is -1.09. The van der Waals surface area contributed by atoms with Crippen molar-refractivity contribution in [3.63, 3.8) is 0 Å². The van der Waals surface area contributed by atoms with E-state index < -0.39 is 0 Å². The van der Waals surface area contributed by atoms with Crippen molar-refractivity contribution in [1.82, 2.24) is 9.88 Å². The molecule has 3 heteroatoms. The number of hydrogen-bond acceptors (Lipinski definition) is 3. The predicted molar refractivity (Wildman–Crippen MR) is 69.6 cm³/mol. The standard InChI is InChI=1S/C13H23N3/c1-4-6-9-16(3)11-13-10-12(14-5-2)7-8-15-13/h7-8,10H,4-6,9,11H2,1-3H3,(H,14,15). The summed E-state index contributed by atoms with van der Waals surface area (Å²) in [5.74, 6) is 0. The van der Waals surface area contributed by atoms with Gasteiger partial charge < -0.3 is 10.2 Å². The monoisotopic (exact) mass is 221 g/mol. The summed E-state index contributed by atoms with van der Waals surface area (Å²) in [6.45, 7) is 7.35. The zero-order valence-electron chi connectivity index (χ0n) is 10.7. The van der Waals surface area contributed by atoms with Gasteiger partial charge in [-0.3, -0.25) is 4.98 Å². The number of pyridine rings is 1. The van der Waals surface area contributed by atoms with E-state index in [4.69, 9.17) is 0 Å². The van der Waals surface area contributed by atoms with Crippen LogP contribution >= 0.6 is 0 Å². The van der Waals surface area contributed by atoms with Crippen LogP contribution in [-0.2, 0) is 6.54 Å². The Morgan fingerprint density at radius 3 is 2.88 bits per heavy atom. The molecule has 0 saturated heterocycles. The van der Waals surface area contributed by atoms with Gasteiger partial charge in [-0.2, -0.15) is 0 Å². The van der Waals surface area contributed by atoms with E-state index >= 15 is 0 Å². The third-order valence-corrected chi connectivity index (χ3v) is 2.52. The first-order chi connectivity index (χ1) is 7.76. The van der Waals surface area contributed by atoms with Crippen LogP contribution in [0.15, 0.2) is 18.3 Å². The molecule has 0 fully saturated rings. The highest BCUT2D eigenvalue weighted by Gasteiger charge is 2.01. The first kappa shape index (κ1) is 13.0. The van der Waals surface area contributed by atoms with Gasteiger partial charge in [0, 0.05) is 25.0 Å². The summed E-state index contributed by atoms with van der Waals surface area (Å²) in [7, 11) is 2.15. The van der Waals surface area contributed by atoms with Crippen LogP contribution in [0.25, 0.3) is 0 Å². The van der Waals surface area contributed by atoms with Gasteiger partial charge in [0.1, 0.15) is 0 Å². The molecule has 0 aliphatic carbocycles. The van der Waals surface area contributed by atoms with E-state index in [1.807, 2.05) is 12.3 Å². The van der Waals surface area contributed by atoms with E-state index in [9.17, 15) is 0 Å². The third kappa shape index (κ3) is 4.62. The number of rotatable bonds is 7. The molecule has 1 aromatic heterocycles. The summed E-state index contributed by atoms with van der Waals surface area (Å²) in [6, 6.07) is 4.14. The van der Waals surface area contributed by atoms with Crippen molar-refractivity contribution in [2.75, 3.05) is 25.5 Å². The summed E-state index contributed by atoms with van der Waals surface area (Å²) < 4.78 is 0. The van der Waals surface area contributed by atoms with Crippen molar-refractivity contribution < 1.29 is 0 Å². The topological polar surface area (TPSA) is 28.2 Å². The smallest absolute Gasteiger partial charge is 0.0564 e. The summed E-state index contributed by atoms with van der Waals surface area (Å²) in [6.07, 6.45) is 4.37. The lowest BCUT2D eigenvalue weighted by Crippen LogP contribution is -2.19. The van der Waals surface area contributed by atoms with Crippen LogP contribution in [0.5, 0.6) is 0 Å². The highest BCUT2D eigenvalue weighted by Crippen LogP contribution is 2.09. The maximum atomic E-state index is 4.39. The molecule has 1 aromatic rings. The number of nitrogens with one attached hydrogen (secondary N) is 1. The Kier molecular flexibility index (Phi) is 5.86. The number of unbranched alkanes of at least 4 members (excludes halogenated alkanes) is 1. The fourth-order valence-electron chi connectivity index (χ4n) is 1.66. The van der Waals surface area contributed by atoms with Gasteiger partial charge in [0.05, 0.1) is 5.69 Å². The highest BCUT2D eigenvalue weighted by molar-refractivity contribution is 5.42. The van der Waals surface area contributed by atoms with Crippen molar-refractivity contribution in [2.24, 2.45) is 0 Å². The summed E-state index contributed by atoms with van der Waals surface area (Å²) in [5, 5.41) is 3.31. The highest BCUT2D eigenvalue weighted by atomic mass is 15.1. The fraction of sp³-hybridized carbons (Fsp3) is 0.615. The second-order valence-corrected chi connectivity index (χ2v) is 4.16. The molecule has 1 N–H and O–H groups in total. The molecular formula is C13H23N3. The number of anilines is 1. The summed E-state index contributed by atoms with van der Waals surface area (Å²) in [5.41, 5.74) is 2.30. The molecule has 0 bridgehead atoms. The second-order valence-electron chi connectivity index (χ2n) is 4.16. The van der Waals surface area contributed by atoms with E-state index in [0.29, 0.717) is 0 Å². The SMILES string of the molecule is CCCCN(C)Cc1cc(NCC)ccn1. The third-order valence-electron chi connectivity index (χ3n) is 2.52. The molecule has 0 radical (unpaired) electrons. The van der Waals surface area contributed by atoms with Crippen LogP contribution in [0.3, 0.4) is 0 Å². The van der Waals surface area contributed by atoms with Crippen molar-refractivity contribution in [3.8, 4) is 0 Å². The van der Waals surface area contributed by atoms with Gasteiger partial charge >= 0.3 is 0 Å². The minimum atomic E-state index is 0.930. The Labute approximate surface area is 98.9 Å². The van der Waals surface area contributed by atoms with Crippen LogP contribution in [0, 0.1) is 0 Å². The molecule has 3 nitrogen and oxygen atoms in total. The molecule has 16 heavy (non-hydrogen) atoms. The molecule has 0 unspecified atom stereocenters. The lowest BCUT2D eigenvalue weighted by molar-refractivity contribution is 0.317. The largest absolute Gasteiger partial charge is 0.385 e. The number of nitrogens with zero attached hydrogens (tertiary/aromatic N) is 2. The minimum absolute atomic E-state index is 0.930. The van der Waals surface area contributed by atoms with Crippen molar-refractivity contribution >= 4 is 5.69 Å². The Morgan fingerprint density at radius 2 is 2.19 bits per heavy atom. The average molecular weight is 221 g/mol. The molecule has 0 aromatic carbocycles. The van der Waals surface area contributed by atoms with Gasteiger partial charge in [-0.1, -0.05) is 13.3 Å². The molecular weight excluding hydrogens is 198 g/mol. The van der Waals surface area contributed by atoms with Gasteiger partial charge in [-0.15, -0.1) is 0 Å². The van der Waals surface area contributed by atoms with Crippen molar-refractivity contribution in [3.05, 3.63) is 24.0 Å². The quantitative estimate of drug-likeness (QED) is 0.767. The maximum Gasteiger partial charge on any atom is 0.0564 e. The summed E-state index contributed by atoms with van der Waals surface area (Å²) >= 11 is 0. The van der Waals surface area contributed by atoms with Crippen LogP contribution < -0.4 is 5.32 Å². The maximum absolute atomic E-state index is 4.39. The van der Waals surface area contributed by atoms with E-state index in [-0.39, 0.29) is 0 Å².